The van der Waals surface area contributed by atoms with Crippen LogP contribution in [0.2, 0.25) is 0 Å². The summed E-state index contributed by atoms with van der Waals surface area (Å²) in [4.78, 5) is 46.4. The lowest BCUT2D eigenvalue weighted by molar-refractivity contribution is -0.487. The van der Waals surface area contributed by atoms with E-state index >= 15 is 0 Å². The molecule has 0 aromatic carbocycles. The Morgan fingerprint density at radius 2 is 1.24 bits per heavy atom. The van der Waals surface area contributed by atoms with Crippen LogP contribution in [0.5, 0.6) is 0 Å². The zero-order valence-corrected chi connectivity index (χ0v) is 31.3. The van der Waals surface area contributed by atoms with E-state index < -0.39 is 17.3 Å². The van der Waals surface area contributed by atoms with Crippen LogP contribution in [0.25, 0.3) is 0 Å². The largest absolute Gasteiger partial charge is 0.435 e. The van der Waals surface area contributed by atoms with Gasteiger partial charge >= 0.3 is 6.09 Å². The monoisotopic (exact) mass is 686 g/mol. The lowest BCUT2D eigenvalue weighted by atomic mass is 9.55. The van der Waals surface area contributed by atoms with Crippen LogP contribution < -0.4 is 0 Å². The number of fused-ring (bicyclic) bond motifs is 4. The molecule has 276 valence electrons. The molecule has 49 heavy (non-hydrogen) atoms. The van der Waals surface area contributed by atoms with Crippen LogP contribution in [0, 0.1) is 47.3 Å². The van der Waals surface area contributed by atoms with Crippen LogP contribution >= 0.6 is 0 Å². The van der Waals surface area contributed by atoms with Gasteiger partial charge in [-0.25, -0.2) is 24.3 Å². The minimum atomic E-state index is -0.465. The average Bonchev–Trinajstić information content (AvgIpc) is 3.45. The third-order valence-corrected chi connectivity index (χ3v) is 15.5. The van der Waals surface area contributed by atoms with Crippen molar-refractivity contribution in [1.82, 2.24) is 4.90 Å². The van der Waals surface area contributed by atoms with Crippen LogP contribution in [-0.4, -0.2) is 76.6 Å². The number of ether oxygens (including phenoxy) is 2. The molecule has 2 spiro atoms. The van der Waals surface area contributed by atoms with Crippen LogP contribution in [0.1, 0.15) is 126 Å². The predicted molar refractivity (Wildman–Crippen MR) is 182 cm³/mol. The molecule has 10 heteroatoms. The zero-order chi connectivity index (χ0) is 34.5. The average molecular weight is 687 g/mol. The van der Waals surface area contributed by atoms with Gasteiger partial charge in [-0.05, 0) is 126 Å². The smallest absolute Gasteiger partial charge is 0.371 e. The number of carbonyl (C=O) groups is 1. The summed E-state index contributed by atoms with van der Waals surface area (Å²) in [6.45, 7) is 18.8. The van der Waals surface area contributed by atoms with Crippen molar-refractivity contribution in [3.8, 4) is 0 Å². The van der Waals surface area contributed by atoms with Crippen LogP contribution in [0.4, 0.5) is 4.79 Å². The molecule has 4 aliphatic carbocycles. The Morgan fingerprint density at radius 1 is 0.714 bits per heavy atom. The maximum Gasteiger partial charge on any atom is 0.435 e. The van der Waals surface area contributed by atoms with Crippen molar-refractivity contribution < 1.29 is 38.7 Å². The molecule has 10 rings (SSSR count). The molecule has 0 N–H and O–H groups in total. The maximum atomic E-state index is 13.2. The number of hydrogen-bond donors (Lipinski definition) is 0. The summed E-state index contributed by atoms with van der Waals surface area (Å²) in [5.41, 5.74) is -0.832. The summed E-state index contributed by atoms with van der Waals surface area (Å²) in [7, 11) is 0. The molecule has 0 aromatic rings. The molecule has 0 unspecified atom stereocenters. The van der Waals surface area contributed by atoms with E-state index in [-0.39, 0.29) is 53.4 Å². The van der Waals surface area contributed by atoms with Crippen molar-refractivity contribution in [1.29, 1.82) is 0 Å². The molecular formula is C39H62N2O8. The van der Waals surface area contributed by atoms with E-state index in [0.717, 1.165) is 57.1 Å². The first kappa shape index (κ1) is 34.8. The fourth-order valence-electron chi connectivity index (χ4n) is 12.7. The summed E-state index contributed by atoms with van der Waals surface area (Å²) in [6, 6.07) is 0. The van der Waals surface area contributed by atoms with Gasteiger partial charge in [0.1, 0.15) is 28.5 Å². The number of oxime groups is 1. The molecule has 6 saturated heterocycles. The minimum absolute atomic E-state index is 0.0520. The molecule has 10 fully saturated rings. The Bertz CT molecular complexity index is 1310. The first-order valence-corrected chi connectivity index (χ1v) is 19.9. The van der Waals surface area contributed by atoms with Crippen molar-refractivity contribution in [3.63, 3.8) is 0 Å². The van der Waals surface area contributed by atoms with Crippen LogP contribution in [-0.2, 0) is 33.9 Å². The SMILES string of the molecule is CCN(CC)C(=O)O/N=C(/C[C@H]1O[C@@H]2C[C@]3(C)CC[C@H]4[C@H](C)CC[C@@H]([C@H]1C)[C@@]24OO3)[C@H]1O[C@@H]2C[C@]3(C)CC[C@H]4[C@H](C)CC[C@@H]([C@H]1C)[C@@]24OO3. The zero-order valence-electron chi connectivity index (χ0n) is 31.3. The van der Waals surface area contributed by atoms with Gasteiger partial charge in [0, 0.05) is 32.4 Å². The van der Waals surface area contributed by atoms with Gasteiger partial charge in [-0.15, -0.1) is 0 Å². The highest BCUT2D eigenvalue weighted by atomic mass is 17.2. The van der Waals surface area contributed by atoms with Gasteiger partial charge in [0.15, 0.2) is 0 Å². The second kappa shape index (κ2) is 12.4. The topological polar surface area (TPSA) is 97.3 Å². The number of amides is 1. The molecule has 1 amide bonds. The summed E-state index contributed by atoms with van der Waals surface area (Å²) in [6.07, 6.45) is 9.82. The van der Waals surface area contributed by atoms with Crippen LogP contribution in [0.15, 0.2) is 5.16 Å². The fourth-order valence-corrected chi connectivity index (χ4v) is 12.7. The Hall–Kier alpha value is -1.30. The first-order chi connectivity index (χ1) is 23.4. The number of nitrogens with zero attached hydrogens (tertiary/aromatic N) is 2. The van der Waals surface area contributed by atoms with Gasteiger partial charge in [0.2, 0.25) is 0 Å². The van der Waals surface area contributed by atoms with Crippen molar-refractivity contribution in [3.05, 3.63) is 0 Å². The Kier molecular flexibility index (Phi) is 8.80. The normalized spacial score (nSPS) is 53.2. The molecule has 4 saturated carbocycles. The molecular weight excluding hydrogens is 624 g/mol. The predicted octanol–water partition coefficient (Wildman–Crippen LogP) is 7.63. The molecule has 10 aliphatic rings. The summed E-state index contributed by atoms with van der Waals surface area (Å²) < 4.78 is 14.5. The molecule has 6 aliphatic heterocycles. The highest BCUT2D eigenvalue weighted by molar-refractivity contribution is 5.90. The molecule has 0 radical (unpaired) electrons. The van der Waals surface area contributed by atoms with E-state index in [4.69, 9.17) is 39.0 Å². The van der Waals surface area contributed by atoms with E-state index in [1.54, 1.807) is 4.90 Å². The highest BCUT2D eigenvalue weighted by Gasteiger charge is 2.70. The van der Waals surface area contributed by atoms with E-state index in [1.807, 2.05) is 13.8 Å². The summed E-state index contributed by atoms with van der Waals surface area (Å²) >= 11 is 0. The summed E-state index contributed by atoms with van der Waals surface area (Å²) in [5, 5.41) is 4.77. The number of hydrogen-bond acceptors (Lipinski definition) is 9. The Balaban J connectivity index is 1.13. The fraction of sp³-hybridized carbons (Fsp3) is 0.949. The third-order valence-electron chi connectivity index (χ3n) is 15.5. The minimum Gasteiger partial charge on any atom is -0.371 e. The van der Waals surface area contributed by atoms with Gasteiger partial charge in [0.25, 0.3) is 0 Å². The molecule has 0 aromatic heterocycles. The molecule has 4 bridgehead atoms. The molecule has 10 nitrogen and oxygen atoms in total. The maximum absolute atomic E-state index is 13.2. The lowest BCUT2D eigenvalue weighted by Gasteiger charge is -2.62. The van der Waals surface area contributed by atoms with Gasteiger partial charge in [-0.1, -0.05) is 32.9 Å². The molecule has 16 atom stereocenters. The van der Waals surface area contributed by atoms with E-state index in [9.17, 15) is 4.79 Å². The number of carbonyl (C=O) groups excluding carboxylic acids is 1. The Morgan fingerprint density at radius 3 is 1.80 bits per heavy atom. The van der Waals surface area contributed by atoms with Crippen molar-refractivity contribution >= 4 is 11.8 Å². The van der Waals surface area contributed by atoms with E-state index in [2.05, 4.69) is 41.5 Å². The van der Waals surface area contributed by atoms with Crippen molar-refractivity contribution in [2.75, 3.05) is 13.1 Å². The van der Waals surface area contributed by atoms with Crippen molar-refractivity contribution in [2.45, 2.75) is 173 Å². The van der Waals surface area contributed by atoms with Crippen LogP contribution in [0.3, 0.4) is 0 Å². The van der Waals surface area contributed by atoms with E-state index in [0.29, 0.717) is 49.1 Å². The Labute approximate surface area is 293 Å². The highest BCUT2D eigenvalue weighted by Crippen LogP contribution is 2.63. The number of rotatable bonds is 6. The lowest BCUT2D eigenvalue weighted by Crippen LogP contribution is -2.71. The summed E-state index contributed by atoms with van der Waals surface area (Å²) in [5.74, 6) is 2.79. The molecule has 6 heterocycles. The quantitative estimate of drug-likeness (QED) is 0.122. The van der Waals surface area contributed by atoms with E-state index in [1.165, 1.54) is 12.8 Å². The van der Waals surface area contributed by atoms with Gasteiger partial charge in [0.05, 0.1) is 24.0 Å². The second-order valence-electron chi connectivity index (χ2n) is 18.2. The standard InChI is InChI=1S/C39H62N2O8/c1-9-41(10-2)35(42)45-40-30(34-25(6)29-14-12-23(4)27-16-18-37(8)21-33(44-34)39(27,29)49-47-37)19-31-24(5)28-13-11-22(3)26-15-17-36(7)20-32(43-31)38(26,28)48-46-36/h22-29,31-34H,9-21H2,1-8H3/b40-30-/t22-,23-,24-,25-,26+,27+,28+,29+,31-,32-,33-,34+,36+,37+,38-,39-/m1/s1. The second-order valence-corrected chi connectivity index (χ2v) is 18.2. The van der Waals surface area contributed by atoms with Gasteiger partial charge in [-0.2, -0.15) is 0 Å². The first-order valence-electron chi connectivity index (χ1n) is 19.9. The van der Waals surface area contributed by atoms with Crippen molar-refractivity contribution in [2.24, 2.45) is 52.5 Å². The van der Waals surface area contributed by atoms with Gasteiger partial charge in [-0.3, -0.25) is 4.84 Å². The third kappa shape index (κ3) is 5.22. The van der Waals surface area contributed by atoms with Gasteiger partial charge < -0.3 is 14.4 Å².